The first-order valence-electron chi connectivity index (χ1n) is 8.35. The van der Waals surface area contributed by atoms with Gasteiger partial charge in [-0.3, -0.25) is 14.4 Å². The van der Waals surface area contributed by atoms with Crippen LogP contribution in [0, 0.1) is 10.1 Å². The van der Waals surface area contributed by atoms with Crippen molar-refractivity contribution < 1.29 is 13.3 Å². The Hall–Kier alpha value is -3.19. The van der Waals surface area contributed by atoms with Crippen molar-refractivity contribution in [1.82, 2.24) is 0 Å². The molecular formula is C20H18N2O4S. The smallest absolute Gasteiger partial charge is 0.266 e. The van der Waals surface area contributed by atoms with Gasteiger partial charge in [0.1, 0.15) is 0 Å². The molecule has 7 heteroatoms. The van der Waals surface area contributed by atoms with Crippen molar-refractivity contribution in [2.75, 3.05) is 10.8 Å². The number of nitrogens with zero attached hydrogens (tertiary/aromatic N) is 2. The second-order valence-electron chi connectivity index (χ2n) is 5.87. The topological polar surface area (TPSA) is 80.5 Å². The van der Waals surface area contributed by atoms with E-state index in [1.54, 1.807) is 30.3 Å². The third-order valence-corrected chi connectivity index (χ3v) is 6.00. The van der Waals surface area contributed by atoms with Gasteiger partial charge in [0, 0.05) is 12.6 Å². The predicted molar refractivity (Wildman–Crippen MR) is 104 cm³/mol. The molecule has 3 aromatic carbocycles. The molecule has 3 aromatic rings. The van der Waals surface area contributed by atoms with Crippen LogP contribution in [-0.4, -0.2) is 19.9 Å². The first kappa shape index (κ1) is 18.6. The zero-order chi connectivity index (χ0) is 19.3. The fourth-order valence-corrected chi connectivity index (χ4v) is 4.43. The molecule has 0 aliphatic carbocycles. The summed E-state index contributed by atoms with van der Waals surface area (Å²) < 4.78 is 27.8. The van der Waals surface area contributed by atoms with Gasteiger partial charge in [-0.25, -0.2) is 8.42 Å². The second-order valence-corrected chi connectivity index (χ2v) is 7.70. The summed E-state index contributed by atoms with van der Waals surface area (Å²) in [6.07, 6.45) is 0.482. The van der Waals surface area contributed by atoms with Gasteiger partial charge < -0.3 is 0 Å². The highest BCUT2D eigenvalue weighted by atomic mass is 32.2. The first-order chi connectivity index (χ1) is 13.0. The lowest BCUT2D eigenvalue weighted by Crippen LogP contribution is -2.33. The molecule has 6 nitrogen and oxygen atoms in total. The standard InChI is InChI=1S/C20H18N2O4S/c23-22(24)19-13-7-8-14-20(19)27(25,26)21(18-11-5-2-6-12-18)16-15-17-9-3-1-4-10-17/h1-14H,15-16H2. The average molecular weight is 382 g/mol. The van der Waals surface area contributed by atoms with E-state index in [2.05, 4.69) is 0 Å². The predicted octanol–water partition coefficient (Wildman–Crippen LogP) is 4.03. The summed E-state index contributed by atoms with van der Waals surface area (Å²) in [5.74, 6) is 0. The summed E-state index contributed by atoms with van der Waals surface area (Å²) in [5.41, 5.74) is 1.01. The van der Waals surface area contributed by atoms with E-state index in [1.807, 2.05) is 30.3 Å². The van der Waals surface area contributed by atoms with Gasteiger partial charge in [0.15, 0.2) is 4.90 Å². The minimum Gasteiger partial charge on any atom is -0.266 e. The van der Waals surface area contributed by atoms with Crippen molar-refractivity contribution in [3.8, 4) is 0 Å². The van der Waals surface area contributed by atoms with Gasteiger partial charge in [-0.15, -0.1) is 0 Å². The summed E-state index contributed by atoms with van der Waals surface area (Å²) in [5, 5.41) is 11.3. The number of nitro benzene ring substituents is 1. The largest absolute Gasteiger partial charge is 0.289 e. The molecule has 0 heterocycles. The number of sulfonamides is 1. The second kappa shape index (κ2) is 8.01. The van der Waals surface area contributed by atoms with Gasteiger partial charge in [-0.1, -0.05) is 60.7 Å². The summed E-state index contributed by atoms with van der Waals surface area (Å²) >= 11 is 0. The number of hydrogen-bond donors (Lipinski definition) is 0. The van der Waals surface area contributed by atoms with Crippen LogP contribution in [0.15, 0.2) is 89.8 Å². The van der Waals surface area contributed by atoms with E-state index in [0.29, 0.717) is 12.1 Å². The maximum absolute atomic E-state index is 13.3. The van der Waals surface area contributed by atoms with Crippen LogP contribution in [0.3, 0.4) is 0 Å². The Bertz CT molecular complexity index is 1020. The fourth-order valence-electron chi connectivity index (χ4n) is 2.80. The van der Waals surface area contributed by atoms with E-state index in [0.717, 1.165) is 5.56 Å². The summed E-state index contributed by atoms with van der Waals surface area (Å²) in [6.45, 7) is 0.169. The Balaban J connectivity index is 2.03. The molecule has 0 aromatic heterocycles. The Morgan fingerprint density at radius 3 is 2.00 bits per heavy atom. The van der Waals surface area contributed by atoms with Crippen molar-refractivity contribution in [2.24, 2.45) is 0 Å². The Morgan fingerprint density at radius 1 is 0.815 bits per heavy atom. The Kier molecular flexibility index (Phi) is 5.52. The third-order valence-electron chi connectivity index (χ3n) is 4.12. The van der Waals surface area contributed by atoms with Gasteiger partial charge in [0.25, 0.3) is 15.7 Å². The minimum atomic E-state index is -4.11. The Labute approximate surface area is 157 Å². The molecule has 0 spiro atoms. The molecule has 0 unspecified atom stereocenters. The van der Waals surface area contributed by atoms with Crippen LogP contribution in [0.2, 0.25) is 0 Å². The molecule has 0 fully saturated rings. The normalized spacial score (nSPS) is 11.1. The number of hydrogen-bond acceptors (Lipinski definition) is 4. The van der Waals surface area contributed by atoms with E-state index in [4.69, 9.17) is 0 Å². The highest BCUT2D eigenvalue weighted by Crippen LogP contribution is 2.29. The fraction of sp³-hybridized carbons (Fsp3) is 0.100. The number of nitro groups is 1. The number of para-hydroxylation sites is 2. The molecule has 0 N–H and O–H groups in total. The zero-order valence-corrected chi connectivity index (χ0v) is 15.2. The molecule has 3 rings (SSSR count). The minimum absolute atomic E-state index is 0.169. The van der Waals surface area contributed by atoms with Crippen molar-refractivity contribution in [3.63, 3.8) is 0 Å². The van der Waals surface area contributed by atoms with Crippen molar-refractivity contribution >= 4 is 21.4 Å². The van der Waals surface area contributed by atoms with Gasteiger partial charge in [-0.05, 0) is 30.2 Å². The van der Waals surface area contributed by atoms with Crippen LogP contribution in [0.5, 0.6) is 0 Å². The number of benzene rings is 3. The highest BCUT2D eigenvalue weighted by molar-refractivity contribution is 7.93. The summed E-state index contributed by atoms with van der Waals surface area (Å²) in [7, 11) is -4.11. The van der Waals surface area contributed by atoms with Crippen LogP contribution in [0.4, 0.5) is 11.4 Å². The lowest BCUT2D eigenvalue weighted by Gasteiger charge is -2.24. The van der Waals surface area contributed by atoms with Gasteiger partial charge >= 0.3 is 0 Å². The molecular weight excluding hydrogens is 364 g/mol. The maximum Gasteiger partial charge on any atom is 0.289 e. The van der Waals surface area contributed by atoms with Crippen molar-refractivity contribution in [3.05, 3.63) is 101 Å². The average Bonchev–Trinajstić information content (AvgIpc) is 2.69. The monoisotopic (exact) mass is 382 g/mol. The molecule has 27 heavy (non-hydrogen) atoms. The molecule has 0 amide bonds. The van der Waals surface area contributed by atoms with E-state index in [-0.39, 0.29) is 11.4 Å². The molecule has 0 saturated carbocycles. The van der Waals surface area contributed by atoms with E-state index in [1.165, 1.54) is 28.6 Å². The number of rotatable bonds is 7. The lowest BCUT2D eigenvalue weighted by atomic mass is 10.1. The third kappa shape index (κ3) is 4.15. The highest BCUT2D eigenvalue weighted by Gasteiger charge is 2.31. The quantitative estimate of drug-likeness (QED) is 0.456. The SMILES string of the molecule is O=[N+]([O-])c1ccccc1S(=O)(=O)N(CCc1ccccc1)c1ccccc1. The first-order valence-corrected chi connectivity index (χ1v) is 9.79. The molecule has 0 atom stereocenters. The van der Waals surface area contributed by atoms with Crippen LogP contribution in [-0.2, 0) is 16.4 Å². The Morgan fingerprint density at radius 2 is 1.37 bits per heavy atom. The summed E-state index contributed by atoms with van der Waals surface area (Å²) in [6, 6.07) is 23.5. The molecule has 138 valence electrons. The van der Waals surface area contributed by atoms with Crippen molar-refractivity contribution in [2.45, 2.75) is 11.3 Å². The lowest BCUT2D eigenvalue weighted by molar-refractivity contribution is -0.387. The van der Waals surface area contributed by atoms with E-state index in [9.17, 15) is 18.5 Å². The van der Waals surface area contributed by atoms with Gasteiger partial charge in [0.2, 0.25) is 0 Å². The molecule has 0 radical (unpaired) electrons. The van der Waals surface area contributed by atoms with E-state index >= 15 is 0 Å². The van der Waals surface area contributed by atoms with Crippen LogP contribution >= 0.6 is 0 Å². The molecule has 0 aliphatic rings. The van der Waals surface area contributed by atoms with Gasteiger partial charge in [0.05, 0.1) is 10.6 Å². The zero-order valence-electron chi connectivity index (χ0n) is 14.4. The van der Waals surface area contributed by atoms with E-state index < -0.39 is 20.6 Å². The molecule has 0 bridgehead atoms. The van der Waals surface area contributed by atoms with Crippen LogP contribution < -0.4 is 4.31 Å². The van der Waals surface area contributed by atoms with Crippen molar-refractivity contribution in [1.29, 1.82) is 0 Å². The van der Waals surface area contributed by atoms with Crippen LogP contribution in [0.25, 0.3) is 0 Å². The summed E-state index contributed by atoms with van der Waals surface area (Å²) in [4.78, 5) is 10.3. The molecule has 0 saturated heterocycles. The van der Waals surface area contributed by atoms with Gasteiger partial charge in [-0.2, -0.15) is 0 Å². The number of anilines is 1. The maximum atomic E-state index is 13.3. The van der Waals surface area contributed by atoms with Crippen LogP contribution in [0.1, 0.15) is 5.56 Å². The molecule has 0 aliphatic heterocycles.